The molecule has 2 aromatic heterocycles. The van der Waals surface area contributed by atoms with Gasteiger partial charge in [0.05, 0.1) is 19.1 Å². The highest BCUT2D eigenvalue weighted by Gasteiger charge is 2.40. The third kappa shape index (κ3) is 2.71. The van der Waals surface area contributed by atoms with Crippen molar-refractivity contribution in [2.45, 2.75) is 38.9 Å². The van der Waals surface area contributed by atoms with Crippen LogP contribution in [0.1, 0.15) is 36.4 Å². The Bertz CT molecular complexity index is 709. The molecule has 9 nitrogen and oxygen atoms in total. The molecule has 128 valence electrons. The number of tetrazole rings is 1. The fourth-order valence-corrected chi connectivity index (χ4v) is 4.17. The Labute approximate surface area is 140 Å². The van der Waals surface area contributed by atoms with Crippen LogP contribution < -0.4 is 0 Å². The molecule has 2 unspecified atom stereocenters. The van der Waals surface area contributed by atoms with Crippen LogP contribution in [0.15, 0.2) is 4.52 Å². The number of fused-ring (bicyclic) bond motifs is 1. The van der Waals surface area contributed by atoms with E-state index in [2.05, 4.69) is 35.5 Å². The lowest BCUT2D eigenvalue weighted by Crippen LogP contribution is -2.29. The van der Waals surface area contributed by atoms with Gasteiger partial charge in [-0.25, -0.2) is 4.68 Å². The molecule has 24 heavy (non-hydrogen) atoms. The number of nitrogens with zero attached hydrogens (tertiary/aromatic N) is 8. The molecule has 5 rings (SSSR count). The summed E-state index contributed by atoms with van der Waals surface area (Å²) in [6.07, 6.45) is 2.43. The maximum atomic E-state index is 5.06. The van der Waals surface area contributed by atoms with Crippen molar-refractivity contribution in [3.05, 3.63) is 17.5 Å². The second-order valence-corrected chi connectivity index (χ2v) is 7.41. The van der Waals surface area contributed by atoms with E-state index < -0.39 is 0 Å². The Kier molecular flexibility index (Phi) is 3.37. The summed E-state index contributed by atoms with van der Waals surface area (Å²) in [6.45, 7) is 7.99. The molecule has 3 fully saturated rings. The smallest absolute Gasteiger partial charge is 0.223 e. The molecule has 1 saturated carbocycles. The molecule has 2 atom stereocenters. The number of rotatable bonds is 5. The van der Waals surface area contributed by atoms with Crippen LogP contribution in [0, 0.1) is 18.8 Å². The number of likely N-dealkylation sites (tertiary alicyclic amines) is 2. The molecule has 2 aromatic rings. The van der Waals surface area contributed by atoms with E-state index >= 15 is 0 Å². The molecule has 1 aliphatic carbocycles. The second kappa shape index (κ2) is 5.59. The van der Waals surface area contributed by atoms with Crippen LogP contribution in [-0.4, -0.2) is 66.3 Å². The van der Waals surface area contributed by atoms with E-state index in [1.807, 2.05) is 11.6 Å². The Hall–Kier alpha value is -1.87. The third-order valence-electron chi connectivity index (χ3n) is 5.39. The van der Waals surface area contributed by atoms with Gasteiger partial charge in [0.1, 0.15) is 0 Å². The largest absolute Gasteiger partial charge is 0.340 e. The van der Waals surface area contributed by atoms with Gasteiger partial charge < -0.3 is 4.52 Å². The number of aromatic nitrogens is 6. The minimum absolute atomic E-state index is 0.547. The van der Waals surface area contributed by atoms with Crippen LogP contribution in [-0.2, 0) is 13.1 Å². The summed E-state index contributed by atoms with van der Waals surface area (Å²) in [4.78, 5) is 9.27. The molecule has 2 aliphatic heterocycles. The fraction of sp³-hybridized carbons (Fsp3) is 0.800. The van der Waals surface area contributed by atoms with Gasteiger partial charge in [-0.1, -0.05) is 5.16 Å². The zero-order valence-corrected chi connectivity index (χ0v) is 13.9. The predicted molar refractivity (Wildman–Crippen MR) is 82.7 cm³/mol. The molecule has 0 N–H and O–H groups in total. The van der Waals surface area contributed by atoms with Crippen LogP contribution in [0.4, 0.5) is 0 Å². The highest BCUT2D eigenvalue weighted by Crippen LogP contribution is 2.36. The third-order valence-corrected chi connectivity index (χ3v) is 5.39. The van der Waals surface area contributed by atoms with Gasteiger partial charge >= 0.3 is 0 Å². The lowest BCUT2D eigenvalue weighted by Gasteiger charge is -2.19. The van der Waals surface area contributed by atoms with Crippen molar-refractivity contribution in [3.63, 3.8) is 0 Å². The Balaban J connectivity index is 1.17. The molecule has 4 heterocycles. The highest BCUT2D eigenvalue weighted by molar-refractivity contribution is 4.97. The molecule has 2 saturated heterocycles. The quantitative estimate of drug-likeness (QED) is 0.771. The lowest BCUT2D eigenvalue weighted by molar-refractivity contribution is 0.235. The van der Waals surface area contributed by atoms with Crippen molar-refractivity contribution in [2.24, 2.45) is 11.8 Å². The summed E-state index contributed by atoms with van der Waals surface area (Å²) >= 11 is 0. The van der Waals surface area contributed by atoms with E-state index in [4.69, 9.17) is 4.52 Å². The summed E-state index contributed by atoms with van der Waals surface area (Å²) in [7, 11) is 0. The SMILES string of the molecule is Cc1nc(CN2CC3CN(Cc4nnnn4C4CC4)CC3C2)no1. The van der Waals surface area contributed by atoms with E-state index in [0.29, 0.717) is 11.9 Å². The Morgan fingerprint density at radius 2 is 1.75 bits per heavy atom. The topological polar surface area (TPSA) is 89.0 Å². The zero-order chi connectivity index (χ0) is 16.1. The van der Waals surface area contributed by atoms with Crippen molar-refractivity contribution in [1.29, 1.82) is 0 Å². The molecule has 3 aliphatic rings. The minimum atomic E-state index is 0.547. The number of hydrogen-bond acceptors (Lipinski definition) is 8. The maximum absolute atomic E-state index is 5.06. The van der Waals surface area contributed by atoms with Crippen molar-refractivity contribution in [1.82, 2.24) is 40.1 Å². The average molecular weight is 330 g/mol. The van der Waals surface area contributed by atoms with Gasteiger partial charge in [-0.3, -0.25) is 9.80 Å². The average Bonchev–Trinajstić information content (AvgIpc) is 2.86. The molecule has 0 spiro atoms. The number of hydrogen-bond donors (Lipinski definition) is 0. The van der Waals surface area contributed by atoms with Gasteiger partial charge in [-0.2, -0.15) is 4.98 Å². The van der Waals surface area contributed by atoms with Crippen LogP contribution in [0.25, 0.3) is 0 Å². The predicted octanol–water partition coefficient (Wildman–Crippen LogP) is 0.263. The first-order valence-electron chi connectivity index (χ1n) is 8.75. The Morgan fingerprint density at radius 1 is 1.04 bits per heavy atom. The summed E-state index contributed by atoms with van der Waals surface area (Å²) < 4.78 is 7.09. The molecular formula is C15H22N8O. The van der Waals surface area contributed by atoms with Crippen LogP contribution in [0.5, 0.6) is 0 Å². The van der Waals surface area contributed by atoms with E-state index in [9.17, 15) is 0 Å². The van der Waals surface area contributed by atoms with Crippen LogP contribution >= 0.6 is 0 Å². The van der Waals surface area contributed by atoms with Crippen molar-refractivity contribution in [2.75, 3.05) is 26.2 Å². The van der Waals surface area contributed by atoms with Gasteiger partial charge in [-0.15, -0.1) is 5.10 Å². The molecule has 0 aromatic carbocycles. The van der Waals surface area contributed by atoms with E-state index in [-0.39, 0.29) is 0 Å². The van der Waals surface area contributed by atoms with Gasteiger partial charge in [-0.05, 0) is 35.1 Å². The first-order valence-corrected chi connectivity index (χ1v) is 8.75. The zero-order valence-electron chi connectivity index (χ0n) is 13.9. The monoisotopic (exact) mass is 330 g/mol. The summed E-state index contributed by atoms with van der Waals surface area (Å²) in [5.41, 5.74) is 0. The standard InChI is InChI=1S/C15H22N8O/c1-10-16-14(18-24-10)8-21-4-11-6-22(7-12(11)5-21)9-15-17-19-20-23(15)13-2-3-13/h11-13H,2-9H2,1H3. The van der Waals surface area contributed by atoms with Gasteiger partial charge in [0.15, 0.2) is 11.6 Å². The first-order chi connectivity index (χ1) is 11.7. The Morgan fingerprint density at radius 3 is 2.38 bits per heavy atom. The fourth-order valence-electron chi connectivity index (χ4n) is 4.17. The van der Waals surface area contributed by atoms with E-state index in [1.54, 1.807) is 0 Å². The van der Waals surface area contributed by atoms with Gasteiger partial charge in [0, 0.05) is 33.1 Å². The summed E-state index contributed by atoms with van der Waals surface area (Å²) in [5.74, 6) is 3.92. The number of aryl methyl sites for hydroxylation is 1. The van der Waals surface area contributed by atoms with Gasteiger partial charge in [0.25, 0.3) is 0 Å². The van der Waals surface area contributed by atoms with E-state index in [0.717, 1.165) is 62.8 Å². The van der Waals surface area contributed by atoms with Crippen LogP contribution in [0.2, 0.25) is 0 Å². The molecule has 0 bridgehead atoms. The summed E-state index contributed by atoms with van der Waals surface area (Å²) in [6, 6.07) is 0.547. The molecule has 9 heteroatoms. The summed E-state index contributed by atoms with van der Waals surface area (Å²) in [5, 5.41) is 16.3. The van der Waals surface area contributed by atoms with E-state index in [1.165, 1.54) is 12.8 Å². The minimum Gasteiger partial charge on any atom is -0.340 e. The molecule has 0 amide bonds. The molecule has 0 radical (unpaired) electrons. The van der Waals surface area contributed by atoms with Crippen molar-refractivity contribution >= 4 is 0 Å². The highest BCUT2D eigenvalue weighted by atomic mass is 16.5. The van der Waals surface area contributed by atoms with Gasteiger partial charge in [0.2, 0.25) is 5.89 Å². The normalized spacial score (nSPS) is 27.9. The van der Waals surface area contributed by atoms with Crippen molar-refractivity contribution < 1.29 is 4.52 Å². The van der Waals surface area contributed by atoms with Crippen LogP contribution in [0.3, 0.4) is 0 Å². The van der Waals surface area contributed by atoms with Crippen molar-refractivity contribution in [3.8, 4) is 0 Å². The second-order valence-electron chi connectivity index (χ2n) is 7.41. The first kappa shape index (κ1) is 14.5. The molecular weight excluding hydrogens is 308 g/mol. The maximum Gasteiger partial charge on any atom is 0.223 e. The lowest BCUT2D eigenvalue weighted by atomic mass is 10.0.